The Balaban J connectivity index is 1.83. The Morgan fingerprint density at radius 2 is 2.24 bits per heavy atom. The third kappa shape index (κ3) is 2.87. The van der Waals surface area contributed by atoms with Crippen LogP contribution in [-0.2, 0) is 9.53 Å². The molecule has 1 aromatic heterocycles. The molecule has 0 aliphatic carbocycles. The summed E-state index contributed by atoms with van der Waals surface area (Å²) < 4.78 is 5.46. The molecule has 1 amide bonds. The third-order valence-electron chi connectivity index (χ3n) is 4.80. The van der Waals surface area contributed by atoms with Crippen LogP contribution in [0, 0.1) is 5.92 Å². The molecule has 0 spiro atoms. The van der Waals surface area contributed by atoms with Crippen LogP contribution in [0.15, 0.2) is 17.5 Å². The minimum Gasteiger partial charge on any atom is -0.381 e. The molecule has 1 aromatic rings. The van der Waals surface area contributed by atoms with E-state index in [1.807, 2.05) is 0 Å². The first-order valence-corrected chi connectivity index (χ1v) is 8.79. The quantitative estimate of drug-likeness (QED) is 0.930. The molecule has 3 heterocycles. The van der Waals surface area contributed by atoms with Gasteiger partial charge in [0.25, 0.3) is 0 Å². The molecule has 3 unspecified atom stereocenters. The Labute approximate surface area is 130 Å². The van der Waals surface area contributed by atoms with E-state index in [4.69, 9.17) is 4.74 Å². The fourth-order valence-electron chi connectivity index (χ4n) is 3.47. The Kier molecular flexibility index (Phi) is 4.62. The van der Waals surface area contributed by atoms with E-state index in [-0.39, 0.29) is 24.2 Å². The molecule has 1 N–H and O–H groups in total. The highest BCUT2D eigenvalue weighted by atomic mass is 32.1. The van der Waals surface area contributed by atoms with Crippen molar-refractivity contribution in [3.05, 3.63) is 22.4 Å². The van der Waals surface area contributed by atoms with Gasteiger partial charge in [0.05, 0.1) is 6.04 Å². The van der Waals surface area contributed by atoms with Gasteiger partial charge in [-0.05, 0) is 43.6 Å². The minimum atomic E-state index is -0.0422. The first-order chi connectivity index (χ1) is 10.2. The molecule has 0 aromatic carbocycles. The molecule has 116 valence electrons. The van der Waals surface area contributed by atoms with Crippen LogP contribution in [0.4, 0.5) is 0 Å². The first kappa shape index (κ1) is 15.0. The molecule has 0 radical (unpaired) electrons. The van der Waals surface area contributed by atoms with Crippen molar-refractivity contribution in [1.82, 2.24) is 10.2 Å². The monoisotopic (exact) mass is 308 g/mol. The van der Waals surface area contributed by atoms with E-state index in [0.717, 1.165) is 32.5 Å². The van der Waals surface area contributed by atoms with Crippen molar-refractivity contribution >= 4 is 17.2 Å². The van der Waals surface area contributed by atoms with Gasteiger partial charge < -0.3 is 9.64 Å². The van der Waals surface area contributed by atoms with Crippen LogP contribution in [0.2, 0.25) is 0 Å². The Bertz CT molecular complexity index is 471. The summed E-state index contributed by atoms with van der Waals surface area (Å²) in [5, 5.41) is 5.60. The molecule has 2 saturated heterocycles. The highest BCUT2D eigenvalue weighted by molar-refractivity contribution is 7.10. The Hall–Kier alpha value is -0.910. The number of rotatable bonds is 4. The van der Waals surface area contributed by atoms with Crippen LogP contribution in [0.3, 0.4) is 0 Å². The average molecular weight is 308 g/mol. The standard InChI is InChI=1S/C16H24N2O2S/c1-3-13-16(19)18(11(2)12-6-8-20-9-7-12)15(17-13)14-5-4-10-21-14/h4-5,10-13,15,17H,3,6-9H2,1-2H3. The predicted molar refractivity (Wildman–Crippen MR) is 84.1 cm³/mol. The molecule has 21 heavy (non-hydrogen) atoms. The molecular weight excluding hydrogens is 284 g/mol. The van der Waals surface area contributed by atoms with Crippen molar-refractivity contribution in [3.63, 3.8) is 0 Å². The predicted octanol–water partition coefficient (Wildman–Crippen LogP) is 2.77. The van der Waals surface area contributed by atoms with Crippen molar-refractivity contribution in [1.29, 1.82) is 0 Å². The van der Waals surface area contributed by atoms with Crippen molar-refractivity contribution in [2.24, 2.45) is 5.92 Å². The Morgan fingerprint density at radius 3 is 2.86 bits per heavy atom. The van der Waals surface area contributed by atoms with Gasteiger partial charge in [0.2, 0.25) is 5.91 Å². The minimum absolute atomic E-state index is 0.0419. The van der Waals surface area contributed by atoms with Gasteiger partial charge in [0.1, 0.15) is 6.17 Å². The zero-order chi connectivity index (χ0) is 14.8. The van der Waals surface area contributed by atoms with Crippen molar-refractivity contribution < 1.29 is 9.53 Å². The van der Waals surface area contributed by atoms with Crippen LogP contribution in [0.1, 0.15) is 44.2 Å². The van der Waals surface area contributed by atoms with E-state index in [1.165, 1.54) is 4.88 Å². The third-order valence-corrected chi connectivity index (χ3v) is 5.72. The molecular formula is C16H24N2O2S. The van der Waals surface area contributed by atoms with E-state index in [1.54, 1.807) is 11.3 Å². The van der Waals surface area contributed by atoms with Gasteiger partial charge in [-0.2, -0.15) is 0 Å². The second kappa shape index (κ2) is 6.46. The lowest BCUT2D eigenvalue weighted by molar-refractivity contribution is -0.134. The van der Waals surface area contributed by atoms with Crippen LogP contribution in [0.25, 0.3) is 0 Å². The maximum atomic E-state index is 12.8. The smallest absolute Gasteiger partial charge is 0.241 e. The summed E-state index contributed by atoms with van der Waals surface area (Å²) >= 11 is 1.72. The van der Waals surface area contributed by atoms with Crippen LogP contribution >= 0.6 is 11.3 Å². The maximum absolute atomic E-state index is 12.8. The number of ether oxygens (including phenoxy) is 1. The molecule has 0 saturated carbocycles. The first-order valence-electron chi connectivity index (χ1n) is 7.91. The van der Waals surface area contributed by atoms with Crippen LogP contribution < -0.4 is 5.32 Å². The van der Waals surface area contributed by atoms with Gasteiger partial charge >= 0.3 is 0 Å². The fourth-order valence-corrected chi connectivity index (χ4v) is 4.25. The molecule has 3 rings (SSSR count). The summed E-state index contributed by atoms with van der Waals surface area (Å²) in [6.07, 6.45) is 3.00. The normalized spacial score (nSPS) is 29.0. The number of nitrogens with zero attached hydrogens (tertiary/aromatic N) is 1. The van der Waals surface area contributed by atoms with E-state index in [9.17, 15) is 4.79 Å². The van der Waals surface area contributed by atoms with Crippen molar-refractivity contribution in [3.8, 4) is 0 Å². The molecule has 0 bridgehead atoms. The second-order valence-corrected chi connectivity index (χ2v) is 6.96. The number of hydrogen-bond donors (Lipinski definition) is 1. The molecule has 2 aliphatic heterocycles. The second-order valence-electron chi connectivity index (χ2n) is 5.98. The van der Waals surface area contributed by atoms with Gasteiger partial charge in [-0.25, -0.2) is 0 Å². The van der Waals surface area contributed by atoms with Crippen LogP contribution in [-0.4, -0.2) is 36.1 Å². The fraction of sp³-hybridized carbons (Fsp3) is 0.688. The summed E-state index contributed by atoms with van der Waals surface area (Å²) in [7, 11) is 0. The summed E-state index contributed by atoms with van der Waals surface area (Å²) in [5.74, 6) is 0.803. The topological polar surface area (TPSA) is 41.6 Å². The lowest BCUT2D eigenvalue weighted by Crippen LogP contribution is -2.44. The number of carbonyl (C=O) groups is 1. The van der Waals surface area contributed by atoms with Gasteiger partial charge in [-0.15, -0.1) is 11.3 Å². The van der Waals surface area contributed by atoms with Crippen molar-refractivity contribution in [2.45, 2.75) is 51.4 Å². The van der Waals surface area contributed by atoms with Gasteiger partial charge in [0.15, 0.2) is 0 Å². The van der Waals surface area contributed by atoms with Gasteiger partial charge in [0, 0.05) is 24.1 Å². The highest BCUT2D eigenvalue weighted by Crippen LogP contribution is 2.35. The molecule has 4 nitrogen and oxygen atoms in total. The van der Waals surface area contributed by atoms with Gasteiger partial charge in [-0.1, -0.05) is 13.0 Å². The zero-order valence-corrected chi connectivity index (χ0v) is 13.6. The maximum Gasteiger partial charge on any atom is 0.241 e. The molecule has 2 aliphatic rings. The number of nitrogens with one attached hydrogen (secondary N) is 1. The SMILES string of the molecule is CCC1NC(c2cccs2)N(C(C)C2CCOCC2)C1=O. The average Bonchev–Trinajstić information content (AvgIpc) is 3.15. The summed E-state index contributed by atoms with van der Waals surface area (Å²) in [5.41, 5.74) is 0. The van der Waals surface area contributed by atoms with Crippen molar-refractivity contribution in [2.75, 3.05) is 13.2 Å². The lowest BCUT2D eigenvalue weighted by Gasteiger charge is -2.37. The lowest BCUT2D eigenvalue weighted by atomic mass is 9.91. The van der Waals surface area contributed by atoms with E-state index in [2.05, 4.69) is 41.6 Å². The largest absolute Gasteiger partial charge is 0.381 e. The molecule has 2 fully saturated rings. The summed E-state index contributed by atoms with van der Waals surface area (Å²) in [4.78, 5) is 16.1. The Morgan fingerprint density at radius 1 is 1.48 bits per heavy atom. The number of amides is 1. The van der Waals surface area contributed by atoms with E-state index < -0.39 is 0 Å². The highest BCUT2D eigenvalue weighted by Gasteiger charge is 2.43. The molecule has 3 atom stereocenters. The number of carbonyl (C=O) groups excluding carboxylic acids is 1. The molecule has 5 heteroatoms. The number of thiophene rings is 1. The van der Waals surface area contributed by atoms with E-state index >= 15 is 0 Å². The summed E-state index contributed by atoms with van der Waals surface area (Å²) in [6, 6.07) is 4.40. The summed E-state index contributed by atoms with van der Waals surface area (Å²) in [6.45, 7) is 5.93. The number of hydrogen-bond acceptors (Lipinski definition) is 4. The van der Waals surface area contributed by atoms with Gasteiger partial charge in [-0.3, -0.25) is 10.1 Å². The zero-order valence-electron chi connectivity index (χ0n) is 12.7. The van der Waals surface area contributed by atoms with E-state index in [0.29, 0.717) is 5.92 Å². The van der Waals surface area contributed by atoms with Crippen LogP contribution in [0.5, 0.6) is 0 Å².